The third-order valence-corrected chi connectivity index (χ3v) is 7.91. The molecule has 1 aliphatic carbocycles. The molecule has 0 radical (unpaired) electrons. The zero-order chi connectivity index (χ0) is 21.5. The third kappa shape index (κ3) is 3.85. The van der Waals surface area contributed by atoms with Crippen LogP contribution < -0.4 is 15.0 Å². The maximum Gasteiger partial charge on any atom is 0.255 e. The molecule has 0 N–H and O–H groups in total. The van der Waals surface area contributed by atoms with Crippen molar-refractivity contribution in [1.29, 1.82) is 0 Å². The molecule has 4 heterocycles. The van der Waals surface area contributed by atoms with Crippen LogP contribution in [-0.2, 0) is 20.0 Å². The second-order valence-corrected chi connectivity index (χ2v) is 9.72. The van der Waals surface area contributed by atoms with Crippen LogP contribution in [0, 0.1) is 11.8 Å². The minimum atomic E-state index is 0.118. The summed E-state index contributed by atoms with van der Waals surface area (Å²) in [6.07, 6.45) is 6.61. The summed E-state index contributed by atoms with van der Waals surface area (Å²) in [5.74, 6) is 3.20. The lowest BCUT2D eigenvalue weighted by molar-refractivity contribution is 0.183. The highest BCUT2D eigenvalue weighted by Gasteiger charge is 2.30. The molecule has 1 aromatic carbocycles. The summed E-state index contributed by atoms with van der Waals surface area (Å²) in [5, 5.41) is 1.11. The fourth-order valence-electron chi connectivity index (χ4n) is 6.07. The normalized spacial score (nSPS) is 24.2. The number of benzene rings is 1. The number of rotatable bonds is 5. The van der Waals surface area contributed by atoms with Crippen molar-refractivity contribution in [3.8, 4) is 11.5 Å². The molecule has 4 aliphatic rings. The van der Waals surface area contributed by atoms with E-state index >= 15 is 0 Å². The average Bonchev–Trinajstić information content (AvgIpc) is 3.13. The number of fused-ring (bicyclic) bond motifs is 7. The van der Waals surface area contributed by atoms with E-state index < -0.39 is 0 Å². The van der Waals surface area contributed by atoms with Gasteiger partial charge in [-0.15, -0.1) is 0 Å². The van der Waals surface area contributed by atoms with Crippen LogP contribution in [0.1, 0.15) is 36.8 Å². The van der Waals surface area contributed by atoms with Crippen LogP contribution in [0.4, 0.5) is 0 Å². The molecule has 0 spiro atoms. The van der Waals surface area contributed by atoms with Gasteiger partial charge in [0, 0.05) is 63.3 Å². The summed E-state index contributed by atoms with van der Waals surface area (Å²) in [4.78, 5) is 18.4. The molecule has 1 aromatic heterocycles. The van der Waals surface area contributed by atoms with E-state index in [2.05, 4.69) is 9.80 Å². The minimum absolute atomic E-state index is 0.118. The van der Waals surface area contributed by atoms with Crippen LogP contribution in [0.15, 0.2) is 16.9 Å². The Bertz CT molecular complexity index is 1010. The van der Waals surface area contributed by atoms with Crippen LogP contribution >= 0.6 is 0 Å². The van der Waals surface area contributed by atoms with Crippen molar-refractivity contribution in [3.63, 3.8) is 0 Å². The van der Waals surface area contributed by atoms with Gasteiger partial charge in [-0.25, -0.2) is 0 Å². The summed E-state index contributed by atoms with van der Waals surface area (Å²) < 4.78 is 12.8. The second kappa shape index (κ2) is 8.47. The maximum absolute atomic E-state index is 13.2. The van der Waals surface area contributed by atoms with Gasteiger partial charge in [0.2, 0.25) is 0 Å². The predicted octanol–water partition coefficient (Wildman–Crippen LogP) is 3.04. The molecule has 3 fully saturated rings. The van der Waals surface area contributed by atoms with Gasteiger partial charge in [0.1, 0.15) is 0 Å². The van der Waals surface area contributed by atoms with Crippen molar-refractivity contribution in [2.24, 2.45) is 18.9 Å². The summed E-state index contributed by atoms with van der Waals surface area (Å²) >= 11 is 0. The van der Waals surface area contributed by atoms with E-state index in [1.54, 1.807) is 18.8 Å². The molecule has 0 unspecified atom stereocenters. The van der Waals surface area contributed by atoms with Crippen molar-refractivity contribution < 1.29 is 9.47 Å². The predicted molar refractivity (Wildman–Crippen MR) is 123 cm³/mol. The van der Waals surface area contributed by atoms with Crippen LogP contribution in [-0.4, -0.2) is 61.3 Å². The summed E-state index contributed by atoms with van der Waals surface area (Å²) in [6.45, 7) is 6.47. The van der Waals surface area contributed by atoms with Gasteiger partial charge < -0.3 is 18.9 Å². The van der Waals surface area contributed by atoms with Crippen molar-refractivity contribution in [3.05, 3.63) is 33.6 Å². The lowest BCUT2D eigenvalue weighted by Gasteiger charge is -2.32. The Hall–Kier alpha value is -2.05. The monoisotopic (exact) mass is 425 g/mol. The third-order valence-electron chi connectivity index (χ3n) is 7.91. The van der Waals surface area contributed by atoms with Gasteiger partial charge >= 0.3 is 0 Å². The van der Waals surface area contributed by atoms with Crippen molar-refractivity contribution in [2.45, 2.75) is 38.6 Å². The molecule has 1 saturated carbocycles. The molecule has 2 bridgehead atoms. The van der Waals surface area contributed by atoms with E-state index in [4.69, 9.17) is 9.47 Å². The number of aryl methyl sites for hydroxylation is 1. The fourth-order valence-corrected chi connectivity index (χ4v) is 6.07. The molecular weight excluding hydrogens is 390 g/mol. The average molecular weight is 426 g/mol. The molecule has 6 nitrogen and oxygen atoms in total. The minimum Gasteiger partial charge on any atom is -0.493 e. The summed E-state index contributed by atoms with van der Waals surface area (Å²) in [6, 6.07) is 3.96. The van der Waals surface area contributed by atoms with E-state index in [0.29, 0.717) is 11.5 Å². The number of methoxy groups -OCH3 is 2. The summed E-state index contributed by atoms with van der Waals surface area (Å²) in [5.41, 5.74) is 3.16. The first-order chi connectivity index (χ1) is 15.1. The lowest BCUT2D eigenvalue weighted by atomic mass is 9.84. The number of nitrogens with zero attached hydrogens (tertiary/aromatic N) is 3. The maximum atomic E-state index is 13.2. The molecule has 31 heavy (non-hydrogen) atoms. The fraction of sp³-hybridized carbons (Fsp3) is 0.640. The molecule has 6 rings (SSSR count). The van der Waals surface area contributed by atoms with Gasteiger partial charge in [0.25, 0.3) is 5.56 Å². The van der Waals surface area contributed by atoms with E-state index in [-0.39, 0.29) is 5.56 Å². The Morgan fingerprint density at radius 3 is 2.16 bits per heavy atom. The summed E-state index contributed by atoms with van der Waals surface area (Å²) in [7, 11) is 5.16. The largest absolute Gasteiger partial charge is 0.493 e. The molecule has 2 saturated heterocycles. The standard InChI is InChI=1S/C25H35N3O3/c1-26-22-13-24(31-3)23(30-2)12-20(22)19-8-9-27(16-21(19)25(26)29)10-11-28-14-17-4-5-18(15-28)7-6-17/h12-13,17-18H,4-11,14-16H2,1-3H3. The molecule has 168 valence electrons. The lowest BCUT2D eigenvalue weighted by Crippen LogP contribution is -2.41. The van der Waals surface area contributed by atoms with E-state index in [1.807, 2.05) is 19.2 Å². The quantitative estimate of drug-likeness (QED) is 0.737. The SMILES string of the molecule is COc1cc2c3c(c(=O)n(C)c2cc1OC)CN(CCN1CC2CCC(CC2)C1)CC3. The Balaban J connectivity index is 1.37. The van der Waals surface area contributed by atoms with Crippen LogP contribution in [0.5, 0.6) is 11.5 Å². The highest BCUT2D eigenvalue weighted by Crippen LogP contribution is 2.36. The number of hydrogen-bond acceptors (Lipinski definition) is 5. The van der Waals surface area contributed by atoms with Crippen molar-refractivity contribution in [2.75, 3.05) is 46.9 Å². The Kier molecular flexibility index (Phi) is 5.69. The van der Waals surface area contributed by atoms with Crippen LogP contribution in [0.2, 0.25) is 0 Å². The van der Waals surface area contributed by atoms with E-state index in [1.165, 1.54) is 44.3 Å². The Labute approximate surface area is 184 Å². The number of pyridine rings is 1. The van der Waals surface area contributed by atoms with Gasteiger partial charge in [0.15, 0.2) is 11.5 Å². The van der Waals surface area contributed by atoms with E-state index in [0.717, 1.165) is 60.9 Å². The van der Waals surface area contributed by atoms with Gasteiger partial charge in [-0.05, 0) is 55.6 Å². The Morgan fingerprint density at radius 1 is 0.903 bits per heavy atom. The van der Waals surface area contributed by atoms with Crippen LogP contribution in [0.25, 0.3) is 10.9 Å². The van der Waals surface area contributed by atoms with Crippen LogP contribution in [0.3, 0.4) is 0 Å². The molecule has 0 amide bonds. The number of hydrogen-bond donors (Lipinski definition) is 0. The smallest absolute Gasteiger partial charge is 0.255 e. The number of ether oxygens (including phenoxy) is 2. The van der Waals surface area contributed by atoms with Gasteiger partial charge in [-0.1, -0.05) is 0 Å². The molecular formula is C25H35N3O3. The second-order valence-electron chi connectivity index (χ2n) is 9.72. The molecule has 2 aromatic rings. The first-order valence-electron chi connectivity index (χ1n) is 11.8. The molecule has 6 heteroatoms. The van der Waals surface area contributed by atoms with E-state index in [9.17, 15) is 4.79 Å². The highest BCUT2D eigenvalue weighted by atomic mass is 16.5. The van der Waals surface area contributed by atoms with Crippen molar-refractivity contribution >= 4 is 10.9 Å². The zero-order valence-corrected chi connectivity index (χ0v) is 19.2. The molecule has 3 aliphatic heterocycles. The van der Waals surface area contributed by atoms with Crippen molar-refractivity contribution in [1.82, 2.24) is 14.4 Å². The number of aromatic nitrogens is 1. The first kappa shape index (κ1) is 20.8. The zero-order valence-electron chi connectivity index (χ0n) is 19.2. The van der Waals surface area contributed by atoms with Gasteiger partial charge in [0.05, 0.1) is 19.7 Å². The topological polar surface area (TPSA) is 46.9 Å². The molecule has 0 atom stereocenters. The highest BCUT2D eigenvalue weighted by molar-refractivity contribution is 5.87. The van der Waals surface area contributed by atoms with Gasteiger partial charge in [-0.2, -0.15) is 0 Å². The van der Waals surface area contributed by atoms with Gasteiger partial charge in [-0.3, -0.25) is 9.69 Å². The first-order valence-corrected chi connectivity index (χ1v) is 11.8. The Morgan fingerprint density at radius 2 is 1.52 bits per heavy atom.